The number of rotatable bonds is 4. The zero-order chi connectivity index (χ0) is 17.3. The monoisotopic (exact) mass is 347 g/mol. The van der Waals surface area contributed by atoms with Crippen LogP contribution < -0.4 is 10.1 Å². The van der Waals surface area contributed by atoms with Gasteiger partial charge in [0.15, 0.2) is 6.10 Å². The van der Waals surface area contributed by atoms with Gasteiger partial charge in [-0.3, -0.25) is 9.48 Å². The summed E-state index contributed by atoms with van der Waals surface area (Å²) in [5, 5.41) is 8.21. The topological polar surface area (TPSA) is 56.1 Å². The highest BCUT2D eigenvalue weighted by molar-refractivity contribution is 6.30. The van der Waals surface area contributed by atoms with E-state index in [0.29, 0.717) is 10.8 Å². The van der Waals surface area contributed by atoms with Crippen LogP contribution in [0.1, 0.15) is 42.6 Å². The van der Waals surface area contributed by atoms with Crippen LogP contribution in [0.4, 0.5) is 0 Å². The summed E-state index contributed by atoms with van der Waals surface area (Å²) in [4.78, 5) is 12.5. The van der Waals surface area contributed by atoms with E-state index in [1.165, 1.54) is 0 Å². The minimum absolute atomic E-state index is 0.00677. The molecule has 2 atom stereocenters. The van der Waals surface area contributed by atoms with E-state index in [0.717, 1.165) is 36.1 Å². The fraction of sp³-hybridized carbons (Fsp3) is 0.444. The van der Waals surface area contributed by atoms with Gasteiger partial charge in [0.1, 0.15) is 5.75 Å². The van der Waals surface area contributed by atoms with Crippen LogP contribution in [0.3, 0.4) is 0 Å². The van der Waals surface area contributed by atoms with Crippen molar-refractivity contribution in [2.45, 2.75) is 45.3 Å². The molecule has 1 amide bonds. The Labute approximate surface area is 147 Å². The van der Waals surface area contributed by atoms with Gasteiger partial charge in [-0.2, -0.15) is 5.10 Å². The molecule has 5 nitrogen and oxygen atoms in total. The molecule has 1 heterocycles. The van der Waals surface area contributed by atoms with Crippen molar-refractivity contribution in [1.29, 1.82) is 0 Å². The lowest BCUT2D eigenvalue weighted by atomic mass is 9.93. The minimum Gasteiger partial charge on any atom is -0.481 e. The van der Waals surface area contributed by atoms with Crippen molar-refractivity contribution >= 4 is 17.5 Å². The number of carbonyl (C=O) groups is 1. The molecule has 1 aliphatic carbocycles. The molecule has 2 aromatic rings. The average molecular weight is 348 g/mol. The minimum atomic E-state index is -0.577. The first-order valence-corrected chi connectivity index (χ1v) is 8.57. The number of carbonyl (C=O) groups excluding carboxylic acids is 1. The molecular formula is C18H22ClN3O2. The van der Waals surface area contributed by atoms with Crippen LogP contribution in [-0.2, 0) is 18.3 Å². The first kappa shape index (κ1) is 16.8. The van der Waals surface area contributed by atoms with Gasteiger partial charge in [-0.15, -0.1) is 0 Å². The average Bonchev–Trinajstić information content (AvgIpc) is 2.91. The van der Waals surface area contributed by atoms with Crippen molar-refractivity contribution in [3.63, 3.8) is 0 Å². The molecule has 1 aliphatic rings. The van der Waals surface area contributed by atoms with Crippen LogP contribution in [0, 0.1) is 6.92 Å². The molecule has 128 valence electrons. The van der Waals surface area contributed by atoms with Gasteiger partial charge in [-0.25, -0.2) is 0 Å². The van der Waals surface area contributed by atoms with Crippen molar-refractivity contribution in [2.24, 2.45) is 7.05 Å². The molecule has 1 aromatic carbocycles. The number of fused-ring (bicyclic) bond motifs is 1. The van der Waals surface area contributed by atoms with E-state index in [4.69, 9.17) is 16.3 Å². The second-order valence-corrected chi connectivity index (χ2v) is 6.76. The maximum Gasteiger partial charge on any atom is 0.261 e. The highest BCUT2D eigenvalue weighted by Gasteiger charge is 2.26. The number of nitrogens with one attached hydrogen (secondary N) is 1. The van der Waals surface area contributed by atoms with Gasteiger partial charge in [-0.05, 0) is 56.9 Å². The normalized spacial score (nSPS) is 17.9. The Morgan fingerprint density at radius 3 is 3.04 bits per heavy atom. The molecule has 0 unspecified atom stereocenters. The summed E-state index contributed by atoms with van der Waals surface area (Å²) in [6, 6.07) is 5.39. The summed E-state index contributed by atoms with van der Waals surface area (Å²) in [5.41, 5.74) is 3.11. The highest BCUT2D eigenvalue weighted by atomic mass is 35.5. The van der Waals surface area contributed by atoms with Gasteiger partial charge < -0.3 is 10.1 Å². The zero-order valence-corrected chi connectivity index (χ0v) is 14.9. The molecule has 0 aliphatic heterocycles. The van der Waals surface area contributed by atoms with Crippen LogP contribution in [-0.4, -0.2) is 21.8 Å². The molecule has 0 saturated carbocycles. The molecule has 24 heavy (non-hydrogen) atoms. The Kier molecular flexibility index (Phi) is 4.81. The standard InChI is InChI=1S/C18H22ClN3O2/c1-11-9-13(19)7-8-17(11)24-12(2)18(23)20-15-5-4-6-16-14(15)10-22(3)21-16/h7-10,12,15H,4-6H2,1-3H3,(H,20,23)/t12-,15+/m0/s1. The number of amides is 1. The van der Waals surface area contributed by atoms with E-state index < -0.39 is 6.10 Å². The first-order chi connectivity index (χ1) is 11.4. The molecule has 0 bridgehead atoms. The zero-order valence-electron chi connectivity index (χ0n) is 14.2. The lowest BCUT2D eigenvalue weighted by Crippen LogP contribution is -2.39. The molecule has 6 heteroatoms. The SMILES string of the molecule is Cc1cc(Cl)ccc1O[C@@H](C)C(=O)N[C@@H]1CCCc2nn(C)cc21. The van der Waals surface area contributed by atoms with Gasteiger partial charge >= 0.3 is 0 Å². The third-order valence-corrected chi connectivity index (χ3v) is 4.58. The van der Waals surface area contributed by atoms with E-state index in [9.17, 15) is 4.79 Å². The largest absolute Gasteiger partial charge is 0.481 e. The summed E-state index contributed by atoms with van der Waals surface area (Å²) in [6.07, 6.45) is 4.34. The van der Waals surface area contributed by atoms with E-state index >= 15 is 0 Å². The number of hydrogen-bond donors (Lipinski definition) is 1. The van der Waals surface area contributed by atoms with Gasteiger partial charge in [0, 0.05) is 23.8 Å². The van der Waals surface area contributed by atoms with Crippen LogP contribution in [0.25, 0.3) is 0 Å². The van der Waals surface area contributed by atoms with E-state index in [2.05, 4.69) is 10.4 Å². The van der Waals surface area contributed by atoms with Gasteiger partial charge in [0.25, 0.3) is 5.91 Å². The molecule has 1 aromatic heterocycles. The van der Waals surface area contributed by atoms with Crippen molar-refractivity contribution in [3.05, 3.63) is 46.2 Å². The molecule has 0 saturated heterocycles. The van der Waals surface area contributed by atoms with Gasteiger partial charge in [0.2, 0.25) is 0 Å². The Balaban J connectivity index is 1.66. The Morgan fingerprint density at radius 1 is 1.50 bits per heavy atom. The number of aryl methyl sites for hydroxylation is 3. The predicted molar refractivity (Wildman–Crippen MR) is 93.3 cm³/mol. The van der Waals surface area contributed by atoms with Gasteiger partial charge in [-0.1, -0.05) is 11.6 Å². The van der Waals surface area contributed by atoms with Crippen molar-refractivity contribution < 1.29 is 9.53 Å². The number of benzene rings is 1. The van der Waals surface area contributed by atoms with Crippen LogP contribution in [0.2, 0.25) is 5.02 Å². The quantitative estimate of drug-likeness (QED) is 0.922. The number of nitrogens with zero attached hydrogens (tertiary/aromatic N) is 2. The lowest BCUT2D eigenvalue weighted by Gasteiger charge is -2.24. The van der Waals surface area contributed by atoms with Gasteiger partial charge in [0.05, 0.1) is 11.7 Å². The Bertz CT molecular complexity index is 757. The fourth-order valence-electron chi connectivity index (χ4n) is 3.10. The number of ether oxygens (including phenoxy) is 1. The molecule has 1 N–H and O–H groups in total. The van der Waals surface area contributed by atoms with Crippen molar-refractivity contribution in [2.75, 3.05) is 0 Å². The Hall–Kier alpha value is -2.01. The molecule has 0 spiro atoms. The molecule has 0 fully saturated rings. The van der Waals surface area contributed by atoms with Crippen LogP contribution in [0.5, 0.6) is 5.75 Å². The summed E-state index contributed by atoms with van der Waals surface area (Å²) >= 11 is 5.95. The second kappa shape index (κ2) is 6.85. The van der Waals surface area contributed by atoms with Crippen LogP contribution in [0.15, 0.2) is 24.4 Å². The van der Waals surface area contributed by atoms with E-state index in [-0.39, 0.29) is 11.9 Å². The van der Waals surface area contributed by atoms with E-state index in [1.807, 2.05) is 30.9 Å². The maximum absolute atomic E-state index is 12.5. The van der Waals surface area contributed by atoms with Crippen LogP contribution >= 0.6 is 11.6 Å². The number of hydrogen-bond acceptors (Lipinski definition) is 3. The summed E-state index contributed by atoms with van der Waals surface area (Å²) in [6.45, 7) is 3.67. The third-order valence-electron chi connectivity index (χ3n) is 4.35. The first-order valence-electron chi connectivity index (χ1n) is 8.19. The Morgan fingerprint density at radius 2 is 2.29 bits per heavy atom. The van der Waals surface area contributed by atoms with Crippen molar-refractivity contribution in [1.82, 2.24) is 15.1 Å². The summed E-state index contributed by atoms with van der Waals surface area (Å²) < 4.78 is 7.62. The van der Waals surface area contributed by atoms with E-state index in [1.54, 1.807) is 19.1 Å². The fourth-order valence-corrected chi connectivity index (χ4v) is 3.32. The summed E-state index contributed by atoms with van der Waals surface area (Å²) in [7, 11) is 1.91. The van der Waals surface area contributed by atoms with Crippen molar-refractivity contribution in [3.8, 4) is 5.75 Å². The maximum atomic E-state index is 12.5. The number of aromatic nitrogens is 2. The molecule has 3 rings (SSSR count). The second-order valence-electron chi connectivity index (χ2n) is 6.33. The third kappa shape index (κ3) is 3.56. The lowest BCUT2D eigenvalue weighted by molar-refractivity contribution is -0.128. The number of halogens is 1. The predicted octanol–water partition coefficient (Wildman–Crippen LogP) is 3.34. The molecular weight excluding hydrogens is 326 g/mol. The summed E-state index contributed by atoms with van der Waals surface area (Å²) in [5.74, 6) is 0.554. The smallest absolute Gasteiger partial charge is 0.261 e. The highest BCUT2D eigenvalue weighted by Crippen LogP contribution is 2.29. The molecule has 0 radical (unpaired) electrons.